The molecule has 1 N–H and O–H groups in total. The third-order valence-electron chi connectivity index (χ3n) is 7.09. The number of aliphatic hydroxyl groups excluding tert-OH is 1. The van der Waals surface area contributed by atoms with Gasteiger partial charge in [-0.3, -0.25) is 9.59 Å². The Balaban J connectivity index is 1.38. The summed E-state index contributed by atoms with van der Waals surface area (Å²) in [6, 6.07) is -0.125. The Morgan fingerprint density at radius 1 is 0.968 bits per heavy atom. The van der Waals surface area contributed by atoms with Gasteiger partial charge in [0.15, 0.2) is 0 Å². The van der Waals surface area contributed by atoms with E-state index in [0.717, 1.165) is 51.9 Å². The minimum Gasteiger partial charge on any atom is -0.389 e. The summed E-state index contributed by atoms with van der Waals surface area (Å²) in [5, 5.41) is 10.3. The zero-order valence-corrected chi connectivity index (χ0v) is 18.6. The van der Waals surface area contributed by atoms with Gasteiger partial charge in [0.1, 0.15) is 6.10 Å². The van der Waals surface area contributed by atoms with Crippen molar-refractivity contribution < 1.29 is 28.9 Å². The van der Waals surface area contributed by atoms with Gasteiger partial charge < -0.3 is 34.0 Å². The largest absolute Gasteiger partial charge is 0.389 e. The summed E-state index contributed by atoms with van der Waals surface area (Å²) in [5.41, 5.74) is 0. The Morgan fingerprint density at radius 2 is 1.71 bits per heavy atom. The lowest BCUT2D eigenvalue weighted by Gasteiger charge is -2.46. The molecule has 0 spiro atoms. The number of rotatable bonds is 3. The monoisotopic (exact) mass is 439 g/mol. The molecule has 4 heterocycles. The van der Waals surface area contributed by atoms with Crippen LogP contribution in [0.25, 0.3) is 0 Å². The highest BCUT2D eigenvalue weighted by atomic mass is 16.5. The van der Waals surface area contributed by atoms with Crippen LogP contribution in [0.4, 0.5) is 0 Å². The van der Waals surface area contributed by atoms with E-state index in [1.54, 1.807) is 0 Å². The molecule has 0 aromatic rings. The van der Waals surface area contributed by atoms with Gasteiger partial charge in [0.05, 0.1) is 37.9 Å². The molecule has 4 fully saturated rings. The van der Waals surface area contributed by atoms with Crippen LogP contribution in [0.3, 0.4) is 0 Å². The zero-order chi connectivity index (χ0) is 21.8. The highest BCUT2D eigenvalue weighted by molar-refractivity contribution is 5.79. The molecule has 0 radical (unpaired) electrons. The third-order valence-corrected chi connectivity index (χ3v) is 7.09. The number of carbonyl (C=O) groups excluding carboxylic acids is 2. The molecule has 0 aliphatic carbocycles. The molecule has 4 rings (SSSR count). The number of piperazine rings is 1. The summed E-state index contributed by atoms with van der Waals surface area (Å²) in [6.45, 7) is 5.35. The van der Waals surface area contributed by atoms with Crippen LogP contribution in [-0.4, -0.2) is 122 Å². The van der Waals surface area contributed by atoms with Crippen molar-refractivity contribution in [2.75, 3.05) is 66.2 Å². The molecule has 4 aliphatic heterocycles. The van der Waals surface area contributed by atoms with E-state index in [-0.39, 0.29) is 49.1 Å². The fourth-order valence-electron chi connectivity index (χ4n) is 5.15. The lowest BCUT2D eigenvalue weighted by atomic mass is 9.91. The standard InChI is InChI=1S/C22H37N3O6/c1-23-6-8-24(9-7-23)21(27)12-18-2-3-19-20(31-18)15-30-14-17(26)13-25(19)22(28)16-4-10-29-11-5-16/h16-20,26H,2-15H2,1H3/t17-,18+,19-,20+/m1/s1. The van der Waals surface area contributed by atoms with Crippen LogP contribution in [-0.2, 0) is 23.8 Å². The van der Waals surface area contributed by atoms with Crippen molar-refractivity contribution in [1.82, 2.24) is 14.7 Å². The maximum Gasteiger partial charge on any atom is 0.226 e. The number of fused-ring (bicyclic) bond motifs is 1. The van der Waals surface area contributed by atoms with Crippen LogP contribution < -0.4 is 0 Å². The molecule has 0 unspecified atom stereocenters. The fraction of sp³-hybridized carbons (Fsp3) is 0.909. The van der Waals surface area contributed by atoms with Crippen LogP contribution in [0.5, 0.6) is 0 Å². The number of carbonyl (C=O) groups is 2. The number of hydrogen-bond acceptors (Lipinski definition) is 7. The van der Waals surface area contributed by atoms with E-state index in [1.165, 1.54) is 0 Å². The molecule has 9 nitrogen and oxygen atoms in total. The molecule has 4 aliphatic rings. The molecule has 0 bridgehead atoms. The van der Waals surface area contributed by atoms with Crippen molar-refractivity contribution in [1.29, 1.82) is 0 Å². The second-order valence-electron chi connectivity index (χ2n) is 9.40. The van der Waals surface area contributed by atoms with Crippen molar-refractivity contribution in [2.45, 2.75) is 56.5 Å². The van der Waals surface area contributed by atoms with Gasteiger partial charge >= 0.3 is 0 Å². The summed E-state index contributed by atoms with van der Waals surface area (Å²) < 4.78 is 17.4. The summed E-state index contributed by atoms with van der Waals surface area (Å²) in [6.07, 6.45) is 2.21. The van der Waals surface area contributed by atoms with Crippen molar-refractivity contribution in [3.05, 3.63) is 0 Å². The zero-order valence-electron chi connectivity index (χ0n) is 18.6. The Hall–Kier alpha value is -1.26. The molecule has 31 heavy (non-hydrogen) atoms. The molecule has 0 aromatic carbocycles. The van der Waals surface area contributed by atoms with Crippen molar-refractivity contribution in [3.8, 4) is 0 Å². The predicted octanol–water partition coefficient (Wildman–Crippen LogP) is -0.287. The van der Waals surface area contributed by atoms with Crippen LogP contribution in [0, 0.1) is 5.92 Å². The Kier molecular flexibility index (Phi) is 7.81. The minimum atomic E-state index is -0.693. The van der Waals surface area contributed by atoms with E-state index in [0.29, 0.717) is 26.2 Å². The number of hydrogen-bond donors (Lipinski definition) is 1. The fourth-order valence-corrected chi connectivity index (χ4v) is 5.15. The highest BCUT2D eigenvalue weighted by Crippen LogP contribution is 2.30. The van der Waals surface area contributed by atoms with Crippen LogP contribution in [0.1, 0.15) is 32.1 Å². The minimum absolute atomic E-state index is 0.0570. The number of nitrogens with zero attached hydrogens (tertiary/aromatic N) is 3. The second-order valence-corrected chi connectivity index (χ2v) is 9.40. The molecule has 4 atom stereocenters. The summed E-state index contributed by atoms with van der Waals surface area (Å²) >= 11 is 0. The average Bonchev–Trinajstić information content (AvgIpc) is 2.77. The Labute approximate surface area is 184 Å². The molecule has 0 aromatic heterocycles. The van der Waals surface area contributed by atoms with Crippen LogP contribution in [0.15, 0.2) is 0 Å². The van der Waals surface area contributed by atoms with E-state index in [9.17, 15) is 14.7 Å². The Bertz CT molecular complexity index is 620. The normalized spacial score (nSPS) is 34.0. The quantitative estimate of drug-likeness (QED) is 0.646. The van der Waals surface area contributed by atoms with Gasteiger partial charge in [0, 0.05) is 51.9 Å². The Morgan fingerprint density at radius 3 is 2.45 bits per heavy atom. The second kappa shape index (κ2) is 10.6. The van der Waals surface area contributed by atoms with Crippen molar-refractivity contribution >= 4 is 11.8 Å². The number of ether oxygens (including phenoxy) is 3. The lowest BCUT2D eigenvalue weighted by molar-refractivity contribution is -0.174. The number of aliphatic hydroxyl groups is 1. The van der Waals surface area contributed by atoms with Gasteiger partial charge in [0.2, 0.25) is 11.8 Å². The number of likely N-dealkylation sites (N-methyl/N-ethyl adjacent to an activating group) is 1. The first kappa shape index (κ1) is 22.9. The maximum atomic E-state index is 13.3. The van der Waals surface area contributed by atoms with E-state index < -0.39 is 6.10 Å². The van der Waals surface area contributed by atoms with Crippen LogP contribution in [0.2, 0.25) is 0 Å². The van der Waals surface area contributed by atoms with E-state index in [1.807, 2.05) is 9.80 Å². The van der Waals surface area contributed by atoms with E-state index in [2.05, 4.69) is 11.9 Å². The summed E-state index contributed by atoms with van der Waals surface area (Å²) in [4.78, 5) is 32.1. The maximum absolute atomic E-state index is 13.3. The van der Waals surface area contributed by atoms with Crippen LogP contribution >= 0.6 is 0 Å². The molecule has 2 amide bonds. The number of β-amino-alcohol motifs (C(OH)–C–C–N with tert-alkyl or cyclic N) is 1. The molecular formula is C22H37N3O6. The van der Waals surface area contributed by atoms with Gasteiger partial charge in [-0.25, -0.2) is 0 Å². The van der Waals surface area contributed by atoms with Crippen molar-refractivity contribution in [2.24, 2.45) is 5.92 Å². The molecule has 0 saturated carbocycles. The van der Waals surface area contributed by atoms with E-state index in [4.69, 9.17) is 14.2 Å². The van der Waals surface area contributed by atoms with Gasteiger partial charge in [-0.05, 0) is 32.7 Å². The topological polar surface area (TPSA) is 91.8 Å². The SMILES string of the molecule is CN1CCN(C(=O)C[C@@H]2CC[C@@H]3[C@H](COC[C@H](O)CN3C(=O)C3CCOCC3)O2)CC1. The van der Waals surface area contributed by atoms with Gasteiger partial charge in [-0.1, -0.05) is 0 Å². The predicted molar refractivity (Wildman–Crippen MR) is 112 cm³/mol. The van der Waals surface area contributed by atoms with Crippen molar-refractivity contribution in [3.63, 3.8) is 0 Å². The lowest BCUT2D eigenvalue weighted by Crippen LogP contribution is -2.59. The first-order valence-corrected chi connectivity index (χ1v) is 11.8. The highest BCUT2D eigenvalue weighted by Gasteiger charge is 2.42. The summed E-state index contributed by atoms with van der Waals surface area (Å²) in [7, 11) is 2.07. The first-order valence-electron chi connectivity index (χ1n) is 11.8. The van der Waals surface area contributed by atoms with E-state index >= 15 is 0 Å². The first-order chi connectivity index (χ1) is 15.0. The molecule has 176 valence electrons. The molecule has 9 heteroatoms. The van der Waals surface area contributed by atoms with Gasteiger partial charge in [-0.15, -0.1) is 0 Å². The molecular weight excluding hydrogens is 402 g/mol. The molecule has 4 saturated heterocycles. The smallest absolute Gasteiger partial charge is 0.226 e. The van der Waals surface area contributed by atoms with Gasteiger partial charge in [-0.2, -0.15) is 0 Å². The van der Waals surface area contributed by atoms with Gasteiger partial charge in [0.25, 0.3) is 0 Å². The number of amides is 2. The average molecular weight is 440 g/mol. The summed E-state index contributed by atoms with van der Waals surface area (Å²) in [5.74, 6) is 0.183. The third kappa shape index (κ3) is 5.76.